The Morgan fingerprint density at radius 1 is 1.22 bits per heavy atom. The molecule has 0 radical (unpaired) electrons. The van der Waals surface area contributed by atoms with E-state index in [9.17, 15) is 18.3 Å². The molecule has 0 fully saturated rings. The van der Waals surface area contributed by atoms with Crippen molar-refractivity contribution >= 4 is 0 Å². The van der Waals surface area contributed by atoms with E-state index in [0.29, 0.717) is 0 Å². The summed E-state index contributed by atoms with van der Waals surface area (Å²) in [6.45, 7) is 4.41. The summed E-state index contributed by atoms with van der Waals surface area (Å²) >= 11 is 0. The van der Waals surface area contributed by atoms with Crippen LogP contribution in [0.15, 0.2) is 18.2 Å². The third kappa shape index (κ3) is 2.67. The van der Waals surface area contributed by atoms with E-state index in [-0.39, 0.29) is 5.56 Å². The zero-order valence-corrected chi connectivity index (χ0v) is 10.6. The summed E-state index contributed by atoms with van der Waals surface area (Å²) in [5.74, 6) is -5.36. The van der Waals surface area contributed by atoms with E-state index < -0.39 is 35.4 Å². The van der Waals surface area contributed by atoms with Gasteiger partial charge in [0.25, 0.3) is 0 Å². The molecule has 1 unspecified atom stereocenters. The molecular formula is C13H18F3NO. The molecule has 0 saturated heterocycles. The highest BCUT2D eigenvalue weighted by Crippen LogP contribution is 2.37. The van der Waals surface area contributed by atoms with E-state index in [1.165, 1.54) is 32.9 Å². The first-order chi connectivity index (χ1) is 8.19. The van der Waals surface area contributed by atoms with Crippen LogP contribution in [0.1, 0.15) is 37.9 Å². The lowest BCUT2D eigenvalue weighted by Gasteiger charge is -2.26. The third-order valence-corrected chi connectivity index (χ3v) is 2.88. The molecule has 0 saturated carbocycles. The first-order valence-electron chi connectivity index (χ1n) is 5.80. The van der Waals surface area contributed by atoms with Gasteiger partial charge < -0.3 is 10.8 Å². The number of aliphatic hydroxyl groups excluding tert-OH is 1. The minimum absolute atomic E-state index is 0.0168. The van der Waals surface area contributed by atoms with Gasteiger partial charge in [-0.3, -0.25) is 0 Å². The Labute approximate surface area is 105 Å². The minimum Gasteiger partial charge on any atom is -0.386 e. The summed E-state index contributed by atoms with van der Waals surface area (Å²) < 4.78 is 41.9. The number of rotatable bonds is 4. The molecule has 2 nitrogen and oxygen atoms in total. The van der Waals surface area contributed by atoms with E-state index in [2.05, 4.69) is 0 Å². The number of benzene rings is 1. The van der Waals surface area contributed by atoms with Gasteiger partial charge in [0.15, 0.2) is 0 Å². The van der Waals surface area contributed by atoms with Gasteiger partial charge in [-0.2, -0.15) is 8.78 Å². The van der Waals surface area contributed by atoms with Gasteiger partial charge in [0.2, 0.25) is 0 Å². The monoisotopic (exact) mass is 261 g/mol. The van der Waals surface area contributed by atoms with Crippen LogP contribution in [-0.2, 0) is 5.92 Å². The van der Waals surface area contributed by atoms with Crippen LogP contribution in [0.3, 0.4) is 0 Å². The van der Waals surface area contributed by atoms with Crippen molar-refractivity contribution in [3.8, 4) is 0 Å². The smallest absolute Gasteiger partial charge is 0.301 e. The second-order valence-corrected chi connectivity index (χ2v) is 4.81. The Morgan fingerprint density at radius 2 is 1.78 bits per heavy atom. The maximum absolute atomic E-state index is 14.0. The third-order valence-electron chi connectivity index (χ3n) is 2.88. The van der Waals surface area contributed by atoms with Gasteiger partial charge >= 0.3 is 5.92 Å². The van der Waals surface area contributed by atoms with Crippen LogP contribution in [0.2, 0.25) is 0 Å². The Balaban J connectivity index is 3.29. The number of aliphatic hydroxyl groups is 1. The lowest BCUT2D eigenvalue weighted by atomic mass is 9.92. The van der Waals surface area contributed by atoms with Crippen LogP contribution in [0.5, 0.6) is 0 Å². The number of halogens is 3. The highest BCUT2D eigenvalue weighted by Gasteiger charge is 2.44. The number of nitrogens with two attached hydrogens (primary N) is 1. The topological polar surface area (TPSA) is 46.2 Å². The maximum atomic E-state index is 14.0. The molecule has 0 amide bonds. The molecule has 5 heteroatoms. The molecule has 3 N–H and O–H groups in total. The molecule has 0 bridgehead atoms. The summed E-state index contributed by atoms with van der Waals surface area (Å²) in [7, 11) is 0. The normalized spacial score (nSPS) is 15.8. The molecule has 1 rings (SSSR count). The average molecular weight is 261 g/mol. The summed E-state index contributed by atoms with van der Waals surface area (Å²) in [5, 5.41) is 9.51. The Hall–Kier alpha value is -1.07. The van der Waals surface area contributed by atoms with Crippen molar-refractivity contribution in [1.29, 1.82) is 0 Å². The standard InChI is InChI=1S/C13H18F3NO/c1-7(2)12(18)13(15,16)10-6-4-5-9(8(3)17)11(10)14/h4-8,12,18H,17H2,1-3H3/t8-,12?/m1/s1. The number of alkyl halides is 2. The van der Waals surface area contributed by atoms with Gasteiger partial charge in [0.05, 0.1) is 5.56 Å². The Bertz CT molecular complexity index is 419. The van der Waals surface area contributed by atoms with E-state index >= 15 is 0 Å². The highest BCUT2D eigenvalue weighted by atomic mass is 19.3. The molecular weight excluding hydrogens is 243 g/mol. The SMILES string of the molecule is CC(C)C(O)C(F)(F)c1cccc([C@@H](C)N)c1F. The highest BCUT2D eigenvalue weighted by molar-refractivity contribution is 5.31. The van der Waals surface area contributed by atoms with E-state index in [1.54, 1.807) is 0 Å². The molecule has 1 aromatic rings. The van der Waals surface area contributed by atoms with E-state index in [1.807, 2.05) is 0 Å². The van der Waals surface area contributed by atoms with Crippen molar-refractivity contribution in [1.82, 2.24) is 0 Å². The number of hydrogen-bond donors (Lipinski definition) is 2. The lowest BCUT2D eigenvalue weighted by molar-refractivity contribution is -0.134. The van der Waals surface area contributed by atoms with Crippen molar-refractivity contribution in [3.05, 3.63) is 35.1 Å². The van der Waals surface area contributed by atoms with Gasteiger partial charge in [-0.15, -0.1) is 0 Å². The quantitative estimate of drug-likeness (QED) is 0.875. The van der Waals surface area contributed by atoms with Crippen molar-refractivity contribution in [3.63, 3.8) is 0 Å². The molecule has 2 atom stereocenters. The van der Waals surface area contributed by atoms with Crippen LogP contribution in [-0.4, -0.2) is 11.2 Å². The zero-order valence-electron chi connectivity index (χ0n) is 10.6. The predicted octanol–water partition coefficient (Wildman–Crippen LogP) is 2.95. The van der Waals surface area contributed by atoms with Crippen LogP contribution < -0.4 is 5.73 Å². The first-order valence-corrected chi connectivity index (χ1v) is 5.80. The zero-order chi connectivity index (χ0) is 14.1. The Kier molecular flexibility index (Phi) is 4.40. The van der Waals surface area contributed by atoms with Crippen molar-refractivity contribution in [2.75, 3.05) is 0 Å². The van der Waals surface area contributed by atoms with Gasteiger partial charge in [-0.25, -0.2) is 4.39 Å². The molecule has 0 spiro atoms. The molecule has 0 heterocycles. The first kappa shape index (κ1) is 15.0. The minimum atomic E-state index is -3.64. The van der Waals surface area contributed by atoms with Crippen LogP contribution in [0, 0.1) is 11.7 Å². The van der Waals surface area contributed by atoms with Crippen molar-refractivity contribution < 1.29 is 18.3 Å². The van der Waals surface area contributed by atoms with Crippen molar-refractivity contribution in [2.45, 2.75) is 38.8 Å². The fraction of sp³-hybridized carbons (Fsp3) is 0.538. The van der Waals surface area contributed by atoms with E-state index in [0.717, 1.165) is 6.07 Å². The van der Waals surface area contributed by atoms with Gasteiger partial charge in [0.1, 0.15) is 11.9 Å². The predicted molar refractivity (Wildman–Crippen MR) is 63.7 cm³/mol. The van der Waals surface area contributed by atoms with E-state index in [4.69, 9.17) is 5.73 Å². The summed E-state index contributed by atoms with van der Waals surface area (Å²) in [6.07, 6.45) is -1.93. The van der Waals surface area contributed by atoms with Gasteiger partial charge in [0, 0.05) is 11.6 Å². The van der Waals surface area contributed by atoms with Crippen LogP contribution in [0.4, 0.5) is 13.2 Å². The molecule has 0 aliphatic carbocycles. The van der Waals surface area contributed by atoms with Gasteiger partial charge in [-0.05, 0) is 18.9 Å². The molecule has 18 heavy (non-hydrogen) atoms. The molecule has 0 aromatic heterocycles. The summed E-state index contributed by atoms with van der Waals surface area (Å²) in [6, 6.07) is 2.98. The molecule has 0 aliphatic heterocycles. The van der Waals surface area contributed by atoms with Crippen molar-refractivity contribution in [2.24, 2.45) is 11.7 Å². The second kappa shape index (κ2) is 5.28. The molecule has 102 valence electrons. The van der Waals surface area contributed by atoms with Crippen LogP contribution in [0.25, 0.3) is 0 Å². The second-order valence-electron chi connectivity index (χ2n) is 4.81. The molecule has 1 aromatic carbocycles. The molecule has 0 aliphatic rings. The fourth-order valence-corrected chi connectivity index (χ4v) is 1.74. The lowest BCUT2D eigenvalue weighted by Crippen LogP contribution is -2.36. The fourth-order valence-electron chi connectivity index (χ4n) is 1.74. The Morgan fingerprint density at radius 3 is 2.22 bits per heavy atom. The maximum Gasteiger partial charge on any atom is 0.301 e. The van der Waals surface area contributed by atoms with Crippen LogP contribution >= 0.6 is 0 Å². The largest absolute Gasteiger partial charge is 0.386 e. The average Bonchev–Trinajstić information content (AvgIpc) is 2.27. The summed E-state index contributed by atoms with van der Waals surface area (Å²) in [5.41, 5.74) is 4.73. The summed E-state index contributed by atoms with van der Waals surface area (Å²) in [4.78, 5) is 0. The number of hydrogen-bond acceptors (Lipinski definition) is 2. The van der Waals surface area contributed by atoms with Gasteiger partial charge in [-0.1, -0.05) is 26.0 Å².